The van der Waals surface area contributed by atoms with E-state index in [1.807, 2.05) is 23.3 Å². The Morgan fingerprint density at radius 1 is 1.71 bits per heavy atom. The Morgan fingerprint density at radius 2 is 2.57 bits per heavy atom. The number of aromatic nitrogens is 2. The van der Waals surface area contributed by atoms with Gasteiger partial charge in [-0.25, -0.2) is 4.57 Å². The lowest BCUT2D eigenvalue weighted by atomic mass is 10.9. The summed E-state index contributed by atoms with van der Waals surface area (Å²) in [5.41, 5.74) is 0. The zero-order valence-electron chi connectivity index (χ0n) is 3.83. The molecule has 0 amide bonds. The lowest BCUT2D eigenvalue weighted by Gasteiger charge is -1.78. The molecule has 1 rings (SSSR count). The number of nitrogens with one attached hydrogen (secondary N) is 1. The minimum atomic E-state index is 0.740. The fourth-order valence-electron chi connectivity index (χ4n) is 0.409. The Morgan fingerprint density at radius 3 is 2.86 bits per heavy atom. The second-order valence-electron chi connectivity index (χ2n) is 1.27. The van der Waals surface area contributed by atoms with Gasteiger partial charge in [0, 0.05) is 0 Å². The first-order valence-corrected chi connectivity index (χ1v) is 2.69. The molecule has 0 aliphatic rings. The highest BCUT2D eigenvalue weighted by molar-refractivity contribution is 7.78. The van der Waals surface area contributed by atoms with Crippen molar-refractivity contribution in [3.63, 3.8) is 0 Å². The van der Waals surface area contributed by atoms with Crippen molar-refractivity contribution in [2.24, 2.45) is 0 Å². The maximum atomic E-state index is 4.02. The molecule has 0 aliphatic heterocycles. The van der Waals surface area contributed by atoms with Crippen LogP contribution in [0, 0.1) is 0 Å². The Hall–Kier alpha value is -0.440. The van der Waals surface area contributed by atoms with E-state index < -0.39 is 0 Å². The zero-order chi connectivity index (χ0) is 5.11. The first-order chi connectivity index (χ1) is 3.43. The van der Waals surface area contributed by atoms with E-state index >= 15 is 0 Å². The van der Waals surface area contributed by atoms with E-state index in [-0.39, 0.29) is 0 Å². The molecule has 1 aromatic heterocycles. The molecule has 0 bridgehead atoms. The topological polar surface area (TPSA) is 19.7 Å². The third-order valence-electron chi connectivity index (χ3n) is 0.766. The summed E-state index contributed by atoms with van der Waals surface area (Å²) >= 11 is 4.02. The number of nitrogens with zero attached hydrogens (tertiary/aromatic N) is 1. The molecular formula is C4H7N2S+. The number of imidazole rings is 1. The molecule has 0 saturated heterocycles. The monoisotopic (exact) mass is 115 g/mol. The van der Waals surface area contributed by atoms with Crippen molar-refractivity contribution in [1.29, 1.82) is 0 Å². The average Bonchev–Trinajstić information content (AvgIpc) is 2.14. The maximum absolute atomic E-state index is 4.02. The van der Waals surface area contributed by atoms with Gasteiger partial charge in [-0.05, 0) is 0 Å². The normalized spacial score (nSPS) is 9.29. The molecule has 0 saturated carbocycles. The van der Waals surface area contributed by atoms with Gasteiger partial charge in [0.15, 0.2) is 0 Å². The van der Waals surface area contributed by atoms with E-state index in [0.717, 1.165) is 5.88 Å². The molecule has 0 atom stereocenters. The summed E-state index contributed by atoms with van der Waals surface area (Å²) in [7, 11) is 0. The lowest BCUT2D eigenvalue weighted by Crippen LogP contribution is -2.26. The summed E-state index contributed by atoms with van der Waals surface area (Å²) in [6, 6.07) is 0. The molecule has 38 valence electrons. The van der Waals surface area contributed by atoms with E-state index in [4.69, 9.17) is 0 Å². The van der Waals surface area contributed by atoms with Crippen LogP contribution >= 0.6 is 12.6 Å². The molecule has 3 heteroatoms. The molecule has 7 heavy (non-hydrogen) atoms. The number of hydrogen-bond acceptors (Lipinski definition) is 1. The van der Waals surface area contributed by atoms with Gasteiger partial charge in [0.25, 0.3) is 0 Å². The lowest BCUT2D eigenvalue weighted by molar-refractivity contribution is -0.674. The van der Waals surface area contributed by atoms with Gasteiger partial charge >= 0.3 is 0 Å². The van der Waals surface area contributed by atoms with Gasteiger partial charge in [-0.2, -0.15) is 0 Å². The van der Waals surface area contributed by atoms with Crippen molar-refractivity contribution in [1.82, 2.24) is 4.98 Å². The van der Waals surface area contributed by atoms with Crippen LogP contribution in [0.1, 0.15) is 0 Å². The van der Waals surface area contributed by atoms with Crippen LogP contribution in [0.3, 0.4) is 0 Å². The summed E-state index contributed by atoms with van der Waals surface area (Å²) in [5, 5.41) is 0. The number of thiol groups is 1. The zero-order valence-corrected chi connectivity index (χ0v) is 4.73. The van der Waals surface area contributed by atoms with Crippen molar-refractivity contribution in [3.05, 3.63) is 18.7 Å². The van der Waals surface area contributed by atoms with Crippen LogP contribution in [0.4, 0.5) is 0 Å². The Labute approximate surface area is 47.6 Å². The van der Waals surface area contributed by atoms with Gasteiger partial charge in [-0.3, -0.25) is 4.98 Å². The fourth-order valence-corrected chi connectivity index (χ4v) is 0.584. The molecule has 0 fully saturated rings. The summed E-state index contributed by atoms with van der Waals surface area (Å²) < 4.78 is 1.93. The standard InChI is InChI=1S/C4H6N2S/c7-4-6-2-1-5-3-6/h1-3,7H,4H2/p+1. The Bertz CT molecular complexity index is 124. The largest absolute Gasteiger partial charge is 0.250 e. The SMILES string of the molecule is SC[n+]1cc[nH]c1. The molecule has 1 N–H and O–H groups in total. The minimum Gasteiger partial charge on any atom is -0.250 e. The van der Waals surface area contributed by atoms with E-state index in [2.05, 4.69) is 17.6 Å². The number of rotatable bonds is 1. The third-order valence-corrected chi connectivity index (χ3v) is 1.09. The summed E-state index contributed by atoms with van der Waals surface area (Å²) in [6.07, 6.45) is 5.64. The van der Waals surface area contributed by atoms with Gasteiger partial charge in [-0.15, -0.1) is 12.6 Å². The second-order valence-corrected chi connectivity index (χ2v) is 1.55. The van der Waals surface area contributed by atoms with E-state index in [9.17, 15) is 0 Å². The molecular weight excluding hydrogens is 108 g/mol. The molecule has 1 aromatic rings. The van der Waals surface area contributed by atoms with Crippen LogP contribution in [-0.4, -0.2) is 4.98 Å². The number of hydrogen-bond donors (Lipinski definition) is 2. The smallest absolute Gasteiger partial charge is 0.242 e. The van der Waals surface area contributed by atoms with Crippen LogP contribution in [0.25, 0.3) is 0 Å². The molecule has 0 spiro atoms. The molecule has 0 unspecified atom stereocenters. The fraction of sp³-hybridized carbons (Fsp3) is 0.250. The molecule has 1 heterocycles. The van der Waals surface area contributed by atoms with Crippen molar-refractivity contribution < 1.29 is 4.57 Å². The highest BCUT2D eigenvalue weighted by atomic mass is 32.1. The highest BCUT2D eigenvalue weighted by Gasteiger charge is 1.86. The van der Waals surface area contributed by atoms with Gasteiger partial charge < -0.3 is 0 Å². The van der Waals surface area contributed by atoms with Crippen molar-refractivity contribution in [2.75, 3.05) is 0 Å². The van der Waals surface area contributed by atoms with Gasteiger partial charge in [0.2, 0.25) is 6.33 Å². The van der Waals surface area contributed by atoms with Gasteiger partial charge in [0.1, 0.15) is 18.3 Å². The third kappa shape index (κ3) is 0.962. The molecule has 0 aromatic carbocycles. The maximum Gasteiger partial charge on any atom is 0.242 e. The van der Waals surface area contributed by atoms with Crippen LogP contribution in [0.15, 0.2) is 18.7 Å². The summed E-state index contributed by atoms with van der Waals surface area (Å²) in [4.78, 5) is 2.89. The summed E-state index contributed by atoms with van der Waals surface area (Å²) in [6.45, 7) is 0. The van der Waals surface area contributed by atoms with E-state index in [1.165, 1.54) is 0 Å². The number of aromatic amines is 1. The van der Waals surface area contributed by atoms with E-state index in [1.54, 1.807) is 0 Å². The molecule has 0 aliphatic carbocycles. The van der Waals surface area contributed by atoms with Crippen molar-refractivity contribution >= 4 is 12.6 Å². The molecule has 0 radical (unpaired) electrons. The van der Waals surface area contributed by atoms with Crippen LogP contribution in [0.5, 0.6) is 0 Å². The first kappa shape index (κ1) is 4.71. The van der Waals surface area contributed by atoms with Crippen LogP contribution in [-0.2, 0) is 5.88 Å². The first-order valence-electron chi connectivity index (χ1n) is 2.06. The molecule has 2 nitrogen and oxygen atoms in total. The van der Waals surface area contributed by atoms with Crippen LogP contribution < -0.4 is 4.57 Å². The quantitative estimate of drug-likeness (QED) is 0.385. The summed E-state index contributed by atoms with van der Waals surface area (Å²) in [5.74, 6) is 0.740. The van der Waals surface area contributed by atoms with Crippen molar-refractivity contribution in [3.8, 4) is 0 Å². The highest BCUT2D eigenvalue weighted by Crippen LogP contribution is 1.71. The van der Waals surface area contributed by atoms with Gasteiger partial charge in [0.05, 0.1) is 0 Å². The average molecular weight is 115 g/mol. The van der Waals surface area contributed by atoms with E-state index in [0.29, 0.717) is 0 Å². The van der Waals surface area contributed by atoms with Crippen molar-refractivity contribution in [2.45, 2.75) is 5.88 Å². The number of H-pyrrole nitrogens is 1. The minimum absolute atomic E-state index is 0.740. The Kier molecular flexibility index (Phi) is 1.36. The Balaban J connectivity index is 2.76. The van der Waals surface area contributed by atoms with Gasteiger partial charge in [-0.1, -0.05) is 0 Å². The second kappa shape index (κ2) is 2.02. The predicted molar refractivity (Wildman–Crippen MR) is 30.0 cm³/mol. The predicted octanol–water partition coefficient (Wildman–Crippen LogP) is 0.190. The van der Waals surface area contributed by atoms with Crippen LogP contribution in [0.2, 0.25) is 0 Å².